The highest BCUT2D eigenvalue weighted by atomic mass is 16.5. The number of hydrogen-bond acceptors (Lipinski definition) is 4. The Bertz CT molecular complexity index is 352. The molecule has 1 fully saturated rings. The molecule has 4 N–H and O–H groups in total. The Hall–Kier alpha value is -1.63. The molecule has 1 aliphatic heterocycles. The van der Waals surface area contributed by atoms with Crippen LogP contribution >= 0.6 is 0 Å². The number of carbonyl (C=O) groups excluding carboxylic acids is 3. The molecule has 0 bridgehead atoms. The maximum Gasteiger partial charge on any atom is 0.243 e. The largest absolute Gasteiger partial charge is 0.370 e. The van der Waals surface area contributed by atoms with Crippen LogP contribution in [-0.4, -0.2) is 40.9 Å². The van der Waals surface area contributed by atoms with Crippen molar-refractivity contribution in [2.75, 3.05) is 13.1 Å². The maximum absolute atomic E-state index is 11.8. The molecular formula is C13H23N3O4. The minimum absolute atomic E-state index is 0.0121. The van der Waals surface area contributed by atoms with E-state index in [0.717, 1.165) is 25.7 Å². The lowest BCUT2D eigenvalue weighted by atomic mass is 9.91. The molecule has 0 aromatic rings. The topological polar surface area (TPSA) is 113 Å². The smallest absolute Gasteiger partial charge is 0.243 e. The van der Waals surface area contributed by atoms with E-state index in [2.05, 4.69) is 0 Å². The van der Waals surface area contributed by atoms with Gasteiger partial charge in [0.15, 0.2) is 0 Å². The van der Waals surface area contributed by atoms with E-state index >= 15 is 0 Å². The van der Waals surface area contributed by atoms with E-state index in [9.17, 15) is 14.4 Å². The first-order chi connectivity index (χ1) is 9.52. The first-order valence-corrected chi connectivity index (χ1v) is 7.02. The molecule has 20 heavy (non-hydrogen) atoms. The number of nitrogens with two attached hydrogens (primary N) is 1. The highest BCUT2D eigenvalue weighted by Crippen LogP contribution is 2.23. The average molecular weight is 285 g/mol. The van der Waals surface area contributed by atoms with E-state index in [1.165, 1.54) is 0 Å². The molecule has 7 heteroatoms. The van der Waals surface area contributed by atoms with Crippen molar-refractivity contribution in [2.24, 2.45) is 11.7 Å². The predicted molar refractivity (Wildman–Crippen MR) is 71.5 cm³/mol. The Labute approximate surface area is 118 Å². The van der Waals surface area contributed by atoms with Crippen molar-refractivity contribution in [1.82, 2.24) is 10.4 Å². The molecule has 0 aliphatic carbocycles. The number of hydroxylamine groups is 1. The summed E-state index contributed by atoms with van der Waals surface area (Å²) in [6.07, 6.45) is 4.13. The molecule has 0 spiro atoms. The van der Waals surface area contributed by atoms with E-state index in [-0.39, 0.29) is 24.7 Å². The quantitative estimate of drug-likeness (QED) is 0.457. The van der Waals surface area contributed by atoms with E-state index in [1.807, 2.05) is 0 Å². The van der Waals surface area contributed by atoms with Crippen LogP contribution in [0.15, 0.2) is 0 Å². The Morgan fingerprint density at radius 1 is 1.15 bits per heavy atom. The Morgan fingerprint density at radius 3 is 2.35 bits per heavy atom. The predicted octanol–water partition coefficient (Wildman–Crippen LogP) is 0.166. The lowest BCUT2D eigenvalue weighted by molar-refractivity contribution is -0.134. The van der Waals surface area contributed by atoms with Gasteiger partial charge >= 0.3 is 0 Å². The van der Waals surface area contributed by atoms with Gasteiger partial charge in [0.25, 0.3) is 0 Å². The molecule has 1 saturated heterocycles. The minimum atomic E-state index is -0.449. The Morgan fingerprint density at radius 2 is 1.80 bits per heavy atom. The van der Waals surface area contributed by atoms with Crippen molar-refractivity contribution in [3.05, 3.63) is 0 Å². The molecule has 114 valence electrons. The van der Waals surface area contributed by atoms with E-state index in [0.29, 0.717) is 25.4 Å². The zero-order valence-electron chi connectivity index (χ0n) is 11.6. The van der Waals surface area contributed by atoms with Crippen LogP contribution in [0.5, 0.6) is 0 Å². The van der Waals surface area contributed by atoms with Crippen molar-refractivity contribution >= 4 is 17.7 Å². The van der Waals surface area contributed by atoms with Gasteiger partial charge in [-0.25, -0.2) is 5.48 Å². The molecule has 1 rings (SSSR count). The van der Waals surface area contributed by atoms with Gasteiger partial charge < -0.3 is 10.6 Å². The third kappa shape index (κ3) is 6.01. The first kappa shape index (κ1) is 16.4. The van der Waals surface area contributed by atoms with Crippen LogP contribution in [0.2, 0.25) is 0 Å². The Kier molecular flexibility index (Phi) is 7.00. The van der Waals surface area contributed by atoms with Crippen LogP contribution in [0.1, 0.15) is 44.9 Å². The molecule has 0 aromatic carbocycles. The third-order valence-electron chi connectivity index (χ3n) is 3.69. The van der Waals surface area contributed by atoms with E-state index < -0.39 is 5.91 Å². The molecular weight excluding hydrogens is 262 g/mol. The summed E-state index contributed by atoms with van der Waals surface area (Å²) in [5.74, 6) is -0.303. The fourth-order valence-corrected chi connectivity index (χ4v) is 2.47. The zero-order valence-corrected chi connectivity index (χ0v) is 11.6. The standard InChI is InChI=1S/C13H23N3O4/c14-11(17)4-5-13(19)16-8-6-10(7-9-16)2-1-3-12(18)15-20/h10,20H,1-9H2,(H2,14,17)(H,15,18). The molecule has 3 amide bonds. The van der Waals surface area contributed by atoms with Gasteiger partial charge in [-0.05, 0) is 31.6 Å². The van der Waals surface area contributed by atoms with Gasteiger partial charge in [-0.1, -0.05) is 0 Å². The average Bonchev–Trinajstić information content (AvgIpc) is 2.45. The summed E-state index contributed by atoms with van der Waals surface area (Å²) in [4.78, 5) is 35.1. The van der Waals surface area contributed by atoms with Crippen molar-refractivity contribution in [2.45, 2.75) is 44.9 Å². The summed E-state index contributed by atoms with van der Waals surface area (Å²) in [6, 6.07) is 0. The second-order valence-corrected chi connectivity index (χ2v) is 5.22. The fraction of sp³-hybridized carbons (Fsp3) is 0.769. The van der Waals surface area contributed by atoms with Crippen LogP contribution in [0.25, 0.3) is 0 Å². The number of nitrogens with one attached hydrogen (secondary N) is 1. The molecule has 0 radical (unpaired) electrons. The SMILES string of the molecule is NC(=O)CCC(=O)N1CCC(CCCC(=O)NO)CC1. The number of piperidine rings is 1. The summed E-state index contributed by atoms with van der Waals surface area (Å²) in [6.45, 7) is 1.41. The van der Waals surface area contributed by atoms with Crippen LogP contribution in [0.4, 0.5) is 0 Å². The molecule has 0 unspecified atom stereocenters. The minimum Gasteiger partial charge on any atom is -0.370 e. The first-order valence-electron chi connectivity index (χ1n) is 7.02. The number of carbonyl (C=O) groups is 3. The highest BCUT2D eigenvalue weighted by Gasteiger charge is 2.22. The second kappa shape index (κ2) is 8.52. The van der Waals surface area contributed by atoms with Crippen LogP contribution in [-0.2, 0) is 14.4 Å². The molecule has 0 saturated carbocycles. The van der Waals surface area contributed by atoms with Crippen LogP contribution in [0, 0.1) is 5.92 Å². The van der Waals surface area contributed by atoms with Crippen molar-refractivity contribution in [3.63, 3.8) is 0 Å². The zero-order chi connectivity index (χ0) is 15.0. The highest BCUT2D eigenvalue weighted by molar-refractivity contribution is 5.82. The summed E-state index contributed by atoms with van der Waals surface area (Å²) in [7, 11) is 0. The normalized spacial score (nSPS) is 15.9. The monoisotopic (exact) mass is 285 g/mol. The molecule has 0 atom stereocenters. The lowest BCUT2D eigenvalue weighted by Gasteiger charge is -2.32. The van der Waals surface area contributed by atoms with Crippen molar-refractivity contribution in [3.8, 4) is 0 Å². The number of nitrogens with zero attached hydrogens (tertiary/aromatic N) is 1. The van der Waals surface area contributed by atoms with Crippen LogP contribution in [0.3, 0.4) is 0 Å². The molecule has 1 heterocycles. The second-order valence-electron chi connectivity index (χ2n) is 5.22. The lowest BCUT2D eigenvalue weighted by Crippen LogP contribution is -2.38. The number of primary amides is 1. The van der Waals surface area contributed by atoms with Crippen molar-refractivity contribution in [1.29, 1.82) is 0 Å². The van der Waals surface area contributed by atoms with Gasteiger partial charge in [-0.15, -0.1) is 0 Å². The van der Waals surface area contributed by atoms with Gasteiger partial charge in [0, 0.05) is 32.4 Å². The van der Waals surface area contributed by atoms with Gasteiger partial charge in [0.05, 0.1) is 0 Å². The van der Waals surface area contributed by atoms with Gasteiger partial charge in [-0.2, -0.15) is 0 Å². The van der Waals surface area contributed by atoms with Gasteiger partial charge in [0.1, 0.15) is 0 Å². The number of rotatable bonds is 7. The third-order valence-corrected chi connectivity index (χ3v) is 3.69. The maximum atomic E-state index is 11.8. The molecule has 1 aliphatic rings. The summed E-state index contributed by atoms with van der Waals surface area (Å²) >= 11 is 0. The van der Waals surface area contributed by atoms with E-state index in [4.69, 9.17) is 10.9 Å². The summed E-state index contributed by atoms with van der Waals surface area (Å²) < 4.78 is 0. The fourth-order valence-electron chi connectivity index (χ4n) is 2.47. The number of amides is 3. The van der Waals surface area contributed by atoms with Gasteiger partial charge in [-0.3, -0.25) is 19.6 Å². The van der Waals surface area contributed by atoms with Crippen molar-refractivity contribution < 1.29 is 19.6 Å². The van der Waals surface area contributed by atoms with Gasteiger partial charge in [0.2, 0.25) is 17.7 Å². The number of hydrogen-bond donors (Lipinski definition) is 3. The summed E-state index contributed by atoms with van der Waals surface area (Å²) in [5, 5.41) is 8.38. The van der Waals surface area contributed by atoms with E-state index in [1.54, 1.807) is 10.4 Å². The molecule has 7 nitrogen and oxygen atoms in total. The summed E-state index contributed by atoms with van der Waals surface area (Å²) in [5.41, 5.74) is 6.64. The van der Waals surface area contributed by atoms with Crippen LogP contribution < -0.4 is 11.2 Å². The number of likely N-dealkylation sites (tertiary alicyclic amines) is 1. The Balaban J connectivity index is 2.17. The molecule has 0 aromatic heterocycles.